The summed E-state index contributed by atoms with van der Waals surface area (Å²) < 4.78 is 0. The van der Waals surface area contributed by atoms with E-state index in [1.807, 2.05) is 51.1 Å². The summed E-state index contributed by atoms with van der Waals surface area (Å²) in [5.74, 6) is 0.367. The van der Waals surface area contributed by atoms with Crippen LogP contribution in [0.4, 0.5) is 0 Å². The van der Waals surface area contributed by atoms with Crippen LogP contribution in [0.5, 0.6) is 11.5 Å². The number of allylic oxidation sites excluding steroid dienone is 1. The second-order valence-corrected chi connectivity index (χ2v) is 10.2. The number of phenols is 2. The third-order valence-corrected chi connectivity index (χ3v) is 5.82. The Morgan fingerprint density at radius 2 is 1.50 bits per heavy atom. The molecular weight excluding hydrogens is 372 g/mol. The molecule has 0 aromatic heterocycles. The lowest BCUT2D eigenvalue weighted by molar-refractivity contribution is 0.101. The maximum Gasteiger partial charge on any atom is 0.190 e. The number of hydrogen-bond donors (Lipinski definition) is 2. The Balaban J connectivity index is 2.14. The molecule has 0 bridgehead atoms. The molecule has 0 aliphatic heterocycles. The van der Waals surface area contributed by atoms with Gasteiger partial charge in [-0.3, -0.25) is 4.79 Å². The zero-order valence-corrected chi connectivity index (χ0v) is 18.4. The van der Waals surface area contributed by atoms with Gasteiger partial charge in [0, 0.05) is 27.5 Å². The highest BCUT2D eigenvalue weighted by Gasteiger charge is 2.32. The molecule has 1 aliphatic carbocycles. The van der Waals surface area contributed by atoms with E-state index in [-0.39, 0.29) is 28.1 Å². The number of hydrogen-bond acceptors (Lipinski definition) is 3. The molecule has 3 heteroatoms. The summed E-state index contributed by atoms with van der Waals surface area (Å²) in [4.78, 5) is 13.5. The number of benzene rings is 3. The summed E-state index contributed by atoms with van der Waals surface area (Å²) in [7, 11) is 0. The molecule has 2 N–H and O–H groups in total. The SMILES string of the molecule is CC(C)(C)C1=Cc2cc(C(C)(C)C)c(O)c3cc(-c4cccc(O)c4)cc(c23)C1=O. The van der Waals surface area contributed by atoms with Gasteiger partial charge in [-0.05, 0) is 63.9 Å². The number of ketones is 1. The fourth-order valence-corrected chi connectivity index (χ4v) is 4.22. The summed E-state index contributed by atoms with van der Waals surface area (Å²) in [5, 5.41) is 22.6. The molecule has 4 rings (SSSR count). The molecule has 0 radical (unpaired) electrons. The Bertz CT molecular complexity index is 1230. The van der Waals surface area contributed by atoms with Crippen LogP contribution < -0.4 is 0 Å². The summed E-state index contributed by atoms with van der Waals surface area (Å²) >= 11 is 0. The third kappa shape index (κ3) is 3.19. The number of Topliss-reactive ketones (excluding diaryl/α,β-unsaturated/α-hetero) is 1. The van der Waals surface area contributed by atoms with Crippen LogP contribution in [-0.4, -0.2) is 16.0 Å². The van der Waals surface area contributed by atoms with Crippen LogP contribution in [0.15, 0.2) is 48.0 Å². The first-order valence-electron chi connectivity index (χ1n) is 10.3. The Labute approximate surface area is 177 Å². The zero-order chi connectivity index (χ0) is 22.0. The maximum atomic E-state index is 13.5. The number of phenolic OH excluding ortho intramolecular Hbond substituents is 2. The molecule has 0 saturated heterocycles. The lowest BCUT2D eigenvalue weighted by atomic mass is 9.74. The predicted molar refractivity (Wildman–Crippen MR) is 123 cm³/mol. The van der Waals surface area contributed by atoms with Gasteiger partial charge in [-0.25, -0.2) is 0 Å². The molecule has 0 spiro atoms. The van der Waals surface area contributed by atoms with E-state index < -0.39 is 0 Å². The van der Waals surface area contributed by atoms with Crippen LogP contribution in [0.25, 0.3) is 28.0 Å². The molecule has 0 amide bonds. The lowest BCUT2D eigenvalue weighted by Gasteiger charge is -2.29. The van der Waals surface area contributed by atoms with Crippen molar-refractivity contribution in [3.8, 4) is 22.6 Å². The summed E-state index contributed by atoms with van der Waals surface area (Å²) in [6, 6.07) is 12.8. The van der Waals surface area contributed by atoms with Crippen molar-refractivity contribution in [1.82, 2.24) is 0 Å². The normalized spacial score (nSPS) is 14.2. The molecule has 3 nitrogen and oxygen atoms in total. The minimum absolute atomic E-state index is 0.00934. The van der Waals surface area contributed by atoms with E-state index in [1.54, 1.807) is 18.2 Å². The van der Waals surface area contributed by atoms with Crippen molar-refractivity contribution in [2.24, 2.45) is 5.41 Å². The van der Waals surface area contributed by atoms with Gasteiger partial charge in [-0.1, -0.05) is 53.7 Å². The van der Waals surface area contributed by atoms with Crippen LogP contribution in [0.2, 0.25) is 0 Å². The monoisotopic (exact) mass is 400 g/mol. The van der Waals surface area contributed by atoms with Crippen molar-refractivity contribution in [2.75, 3.05) is 0 Å². The van der Waals surface area contributed by atoms with Gasteiger partial charge in [0.15, 0.2) is 5.78 Å². The Morgan fingerprint density at radius 1 is 0.800 bits per heavy atom. The van der Waals surface area contributed by atoms with Gasteiger partial charge in [-0.2, -0.15) is 0 Å². The first kappa shape index (κ1) is 20.2. The second-order valence-electron chi connectivity index (χ2n) is 10.2. The quantitative estimate of drug-likeness (QED) is 0.470. The molecule has 0 heterocycles. The van der Waals surface area contributed by atoms with Crippen LogP contribution in [0.3, 0.4) is 0 Å². The van der Waals surface area contributed by atoms with E-state index in [2.05, 4.69) is 20.8 Å². The van der Waals surface area contributed by atoms with Crippen molar-refractivity contribution in [3.63, 3.8) is 0 Å². The molecule has 0 saturated carbocycles. The summed E-state index contributed by atoms with van der Waals surface area (Å²) in [6.07, 6.45) is 1.99. The smallest absolute Gasteiger partial charge is 0.190 e. The van der Waals surface area contributed by atoms with E-state index in [1.165, 1.54) is 0 Å². The van der Waals surface area contributed by atoms with E-state index in [0.717, 1.165) is 33.2 Å². The molecule has 0 fully saturated rings. The second kappa shape index (κ2) is 6.46. The van der Waals surface area contributed by atoms with Gasteiger partial charge in [0.25, 0.3) is 0 Å². The van der Waals surface area contributed by atoms with Crippen molar-refractivity contribution < 1.29 is 15.0 Å². The number of aromatic hydroxyl groups is 2. The molecule has 3 aromatic carbocycles. The van der Waals surface area contributed by atoms with Crippen LogP contribution >= 0.6 is 0 Å². The van der Waals surface area contributed by atoms with Crippen LogP contribution in [0.1, 0.15) is 63.0 Å². The Morgan fingerprint density at radius 3 is 2.10 bits per heavy atom. The Kier molecular flexibility index (Phi) is 4.36. The fourth-order valence-electron chi connectivity index (χ4n) is 4.22. The Hall–Kier alpha value is -3.07. The van der Waals surface area contributed by atoms with E-state index in [0.29, 0.717) is 10.9 Å². The first-order valence-corrected chi connectivity index (χ1v) is 10.3. The minimum atomic E-state index is -0.304. The largest absolute Gasteiger partial charge is 0.508 e. The molecule has 154 valence electrons. The van der Waals surface area contributed by atoms with Crippen LogP contribution in [-0.2, 0) is 5.41 Å². The van der Waals surface area contributed by atoms with Gasteiger partial charge in [0.2, 0.25) is 0 Å². The molecule has 1 aliphatic rings. The topological polar surface area (TPSA) is 57.5 Å². The van der Waals surface area contributed by atoms with E-state index in [9.17, 15) is 15.0 Å². The van der Waals surface area contributed by atoms with Gasteiger partial charge < -0.3 is 10.2 Å². The molecular formula is C27H28O3. The van der Waals surface area contributed by atoms with Crippen molar-refractivity contribution in [2.45, 2.75) is 47.0 Å². The fraction of sp³-hybridized carbons (Fsp3) is 0.296. The van der Waals surface area contributed by atoms with E-state index in [4.69, 9.17) is 0 Å². The average Bonchev–Trinajstić information content (AvgIpc) is 2.64. The summed E-state index contributed by atoms with van der Waals surface area (Å²) in [6.45, 7) is 12.4. The van der Waals surface area contributed by atoms with Crippen molar-refractivity contribution in [3.05, 3.63) is 64.7 Å². The third-order valence-electron chi connectivity index (χ3n) is 5.82. The van der Waals surface area contributed by atoms with Crippen molar-refractivity contribution in [1.29, 1.82) is 0 Å². The molecule has 0 atom stereocenters. The van der Waals surface area contributed by atoms with E-state index >= 15 is 0 Å². The van der Waals surface area contributed by atoms with Gasteiger partial charge >= 0.3 is 0 Å². The molecule has 30 heavy (non-hydrogen) atoms. The van der Waals surface area contributed by atoms with Gasteiger partial charge in [0.05, 0.1) is 0 Å². The molecule has 0 unspecified atom stereocenters. The van der Waals surface area contributed by atoms with Gasteiger partial charge in [0.1, 0.15) is 11.5 Å². The zero-order valence-electron chi connectivity index (χ0n) is 18.4. The highest BCUT2D eigenvalue weighted by atomic mass is 16.3. The maximum absolute atomic E-state index is 13.5. The lowest BCUT2D eigenvalue weighted by Crippen LogP contribution is -2.21. The summed E-state index contributed by atoms with van der Waals surface area (Å²) in [5.41, 5.74) is 4.21. The number of rotatable bonds is 1. The highest BCUT2D eigenvalue weighted by Crippen LogP contribution is 2.46. The van der Waals surface area contributed by atoms with Gasteiger partial charge in [-0.15, -0.1) is 0 Å². The highest BCUT2D eigenvalue weighted by molar-refractivity contribution is 6.24. The first-order chi connectivity index (χ1) is 13.9. The minimum Gasteiger partial charge on any atom is -0.508 e. The predicted octanol–water partition coefficient (Wildman–Crippen LogP) is 6.84. The standard InChI is InChI=1S/C27H28O3/c1-26(2,3)21-13-17-14-22(27(4,5)6)25(30)20-12-16(11-19(23(17)20)24(21)29)15-8-7-9-18(28)10-15/h7-14,28-29H,1-6H3. The van der Waals surface area contributed by atoms with Crippen molar-refractivity contribution >= 4 is 22.6 Å². The number of carbonyl (C=O) groups excluding carboxylic acids is 1. The van der Waals surface area contributed by atoms with Crippen LogP contribution in [0, 0.1) is 5.41 Å². The average molecular weight is 401 g/mol. The number of carbonyl (C=O) groups is 1. The molecule has 3 aromatic rings.